The third-order valence-electron chi connectivity index (χ3n) is 3.19. The maximum absolute atomic E-state index is 11.5. The number of allylic oxidation sites excluding steroid dienone is 1. The fourth-order valence-corrected chi connectivity index (χ4v) is 2.11. The molecule has 1 amide bonds. The minimum absolute atomic E-state index is 0.131. The van der Waals surface area contributed by atoms with Crippen LogP contribution in [-0.2, 0) is 4.79 Å². The Morgan fingerprint density at radius 1 is 1.45 bits per heavy atom. The number of nitrogens with one attached hydrogen (secondary N) is 1. The SMILES string of the molecule is CCOc1cc2occ(C)c2cc1/C(C)=C/C(=O)NC. The van der Waals surface area contributed by atoms with Crippen LogP contribution in [0, 0.1) is 6.92 Å². The largest absolute Gasteiger partial charge is 0.493 e. The fraction of sp³-hybridized carbons (Fsp3) is 0.312. The lowest BCUT2D eigenvalue weighted by atomic mass is 10.0. The number of aryl methyl sites for hydroxylation is 1. The molecule has 0 saturated heterocycles. The molecule has 106 valence electrons. The molecule has 2 aromatic rings. The Morgan fingerprint density at radius 3 is 2.85 bits per heavy atom. The van der Waals surface area contributed by atoms with E-state index in [9.17, 15) is 4.79 Å². The molecule has 1 N–H and O–H groups in total. The molecule has 0 aliphatic heterocycles. The van der Waals surface area contributed by atoms with E-state index >= 15 is 0 Å². The molecular weight excluding hydrogens is 254 g/mol. The van der Waals surface area contributed by atoms with Gasteiger partial charge in [0.25, 0.3) is 0 Å². The molecule has 0 atom stereocenters. The second-order valence-electron chi connectivity index (χ2n) is 4.64. The molecule has 0 bridgehead atoms. The minimum Gasteiger partial charge on any atom is -0.493 e. The van der Waals surface area contributed by atoms with Crippen LogP contribution in [0.1, 0.15) is 25.0 Å². The number of carbonyl (C=O) groups is 1. The van der Waals surface area contributed by atoms with Crippen LogP contribution in [0.25, 0.3) is 16.5 Å². The van der Waals surface area contributed by atoms with Crippen LogP contribution < -0.4 is 10.1 Å². The average Bonchev–Trinajstić information content (AvgIpc) is 2.79. The quantitative estimate of drug-likeness (QED) is 0.870. The zero-order valence-corrected chi connectivity index (χ0v) is 12.2. The first-order valence-electron chi connectivity index (χ1n) is 6.61. The van der Waals surface area contributed by atoms with Crippen LogP contribution in [-0.4, -0.2) is 19.6 Å². The van der Waals surface area contributed by atoms with E-state index in [0.717, 1.165) is 33.4 Å². The van der Waals surface area contributed by atoms with Gasteiger partial charge < -0.3 is 14.5 Å². The zero-order valence-electron chi connectivity index (χ0n) is 12.2. The molecule has 0 aliphatic carbocycles. The molecule has 1 heterocycles. The van der Waals surface area contributed by atoms with Crippen molar-refractivity contribution >= 4 is 22.4 Å². The lowest BCUT2D eigenvalue weighted by molar-refractivity contribution is -0.116. The summed E-state index contributed by atoms with van der Waals surface area (Å²) in [5, 5.41) is 3.62. The summed E-state index contributed by atoms with van der Waals surface area (Å²) in [4.78, 5) is 11.5. The molecule has 0 saturated carbocycles. The summed E-state index contributed by atoms with van der Waals surface area (Å²) in [7, 11) is 1.61. The summed E-state index contributed by atoms with van der Waals surface area (Å²) < 4.78 is 11.2. The van der Waals surface area contributed by atoms with Crippen LogP contribution >= 0.6 is 0 Å². The Hall–Kier alpha value is -2.23. The van der Waals surface area contributed by atoms with Gasteiger partial charge in [0, 0.05) is 30.1 Å². The van der Waals surface area contributed by atoms with Gasteiger partial charge in [0.05, 0.1) is 12.9 Å². The number of amides is 1. The number of ether oxygens (including phenoxy) is 1. The number of likely N-dealkylation sites (N-methyl/N-ethyl adjacent to an activating group) is 1. The highest BCUT2D eigenvalue weighted by molar-refractivity contribution is 5.97. The molecule has 0 unspecified atom stereocenters. The lowest BCUT2D eigenvalue weighted by Gasteiger charge is -2.11. The maximum Gasteiger partial charge on any atom is 0.244 e. The van der Waals surface area contributed by atoms with E-state index in [0.29, 0.717) is 6.61 Å². The van der Waals surface area contributed by atoms with Gasteiger partial charge in [-0.05, 0) is 38.0 Å². The van der Waals surface area contributed by atoms with Crippen LogP contribution in [0.3, 0.4) is 0 Å². The maximum atomic E-state index is 11.5. The molecule has 4 nitrogen and oxygen atoms in total. The highest BCUT2D eigenvalue weighted by Gasteiger charge is 2.12. The Labute approximate surface area is 118 Å². The number of fused-ring (bicyclic) bond motifs is 1. The normalized spacial score (nSPS) is 11.7. The van der Waals surface area contributed by atoms with Gasteiger partial charge >= 0.3 is 0 Å². The Bertz CT molecular complexity index is 668. The van der Waals surface area contributed by atoms with E-state index in [4.69, 9.17) is 9.15 Å². The second kappa shape index (κ2) is 5.82. The molecule has 1 aromatic heterocycles. The topological polar surface area (TPSA) is 51.5 Å². The highest BCUT2D eigenvalue weighted by Crippen LogP contribution is 2.33. The summed E-state index contributed by atoms with van der Waals surface area (Å²) in [6.45, 7) is 6.38. The first-order chi connectivity index (χ1) is 9.56. The number of rotatable bonds is 4. The van der Waals surface area contributed by atoms with Gasteiger partial charge in [-0.3, -0.25) is 4.79 Å². The van der Waals surface area contributed by atoms with Crippen molar-refractivity contribution in [1.29, 1.82) is 0 Å². The summed E-state index contributed by atoms with van der Waals surface area (Å²) in [5.41, 5.74) is 3.63. The Kier molecular flexibility index (Phi) is 4.13. The molecule has 20 heavy (non-hydrogen) atoms. The van der Waals surface area contributed by atoms with E-state index in [1.54, 1.807) is 19.4 Å². The number of carbonyl (C=O) groups excluding carboxylic acids is 1. The van der Waals surface area contributed by atoms with Crippen molar-refractivity contribution in [1.82, 2.24) is 5.32 Å². The van der Waals surface area contributed by atoms with Crippen molar-refractivity contribution in [3.8, 4) is 5.75 Å². The highest BCUT2D eigenvalue weighted by atomic mass is 16.5. The van der Waals surface area contributed by atoms with E-state index in [1.165, 1.54) is 0 Å². The predicted molar refractivity (Wildman–Crippen MR) is 79.8 cm³/mol. The van der Waals surface area contributed by atoms with Crippen LogP contribution in [0.4, 0.5) is 0 Å². The first-order valence-corrected chi connectivity index (χ1v) is 6.61. The number of benzene rings is 1. The van der Waals surface area contributed by atoms with E-state index in [1.807, 2.05) is 32.9 Å². The lowest BCUT2D eigenvalue weighted by Crippen LogP contribution is -2.14. The molecule has 0 spiro atoms. The summed E-state index contributed by atoms with van der Waals surface area (Å²) in [6.07, 6.45) is 3.29. The third kappa shape index (κ3) is 2.69. The standard InChI is InChI=1S/C16H19NO3/c1-5-19-14-8-15-13(11(3)9-20-15)7-12(14)10(2)6-16(18)17-4/h6-9H,5H2,1-4H3,(H,17,18)/b10-6+. The first kappa shape index (κ1) is 14.2. The molecule has 4 heteroatoms. The Morgan fingerprint density at radius 2 is 2.20 bits per heavy atom. The Balaban J connectivity index is 2.58. The molecular formula is C16H19NO3. The number of furan rings is 1. The summed E-state index contributed by atoms with van der Waals surface area (Å²) in [6, 6.07) is 3.89. The number of hydrogen-bond donors (Lipinski definition) is 1. The van der Waals surface area contributed by atoms with Gasteiger partial charge in [-0.2, -0.15) is 0 Å². The zero-order chi connectivity index (χ0) is 14.7. The molecule has 0 aliphatic rings. The molecule has 0 radical (unpaired) electrons. The van der Waals surface area contributed by atoms with Gasteiger partial charge in [0.2, 0.25) is 5.91 Å². The van der Waals surface area contributed by atoms with Crippen molar-refractivity contribution in [2.75, 3.05) is 13.7 Å². The van der Waals surface area contributed by atoms with E-state index in [-0.39, 0.29) is 5.91 Å². The fourth-order valence-electron chi connectivity index (χ4n) is 2.11. The molecule has 1 aromatic carbocycles. The van der Waals surface area contributed by atoms with Crippen LogP contribution in [0.2, 0.25) is 0 Å². The minimum atomic E-state index is -0.131. The van der Waals surface area contributed by atoms with E-state index in [2.05, 4.69) is 5.32 Å². The predicted octanol–water partition coefficient (Wildman–Crippen LogP) is 3.29. The van der Waals surface area contributed by atoms with Crippen LogP contribution in [0.5, 0.6) is 5.75 Å². The van der Waals surface area contributed by atoms with Crippen LogP contribution in [0.15, 0.2) is 28.9 Å². The second-order valence-corrected chi connectivity index (χ2v) is 4.64. The van der Waals surface area contributed by atoms with Crippen molar-refractivity contribution in [2.24, 2.45) is 0 Å². The average molecular weight is 273 g/mol. The smallest absolute Gasteiger partial charge is 0.244 e. The number of hydrogen-bond acceptors (Lipinski definition) is 3. The van der Waals surface area contributed by atoms with E-state index < -0.39 is 0 Å². The van der Waals surface area contributed by atoms with Gasteiger partial charge in [-0.25, -0.2) is 0 Å². The van der Waals surface area contributed by atoms with Gasteiger partial charge in [-0.15, -0.1) is 0 Å². The summed E-state index contributed by atoms with van der Waals surface area (Å²) >= 11 is 0. The van der Waals surface area contributed by atoms with Gasteiger partial charge in [-0.1, -0.05) is 0 Å². The molecule has 0 fully saturated rings. The monoisotopic (exact) mass is 273 g/mol. The van der Waals surface area contributed by atoms with Crippen molar-refractivity contribution in [2.45, 2.75) is 20.8 Å². The summed E-state index contributed by atoms with van der Waals surface area (Å²) in [5.74, 6) is 0.598. The van der Waals surface area contributed by atoms with Crippen molar-refractivity contribution in [3.05, 3.63) is 35.6 Å². The van der Waals surface area contributed by atoms with Crippen molar-refractivity contribution < 1.29 is 13.9 Å². The third-order valence-corrected chi connectivity index (χ3v) is 3.19. The molecule has 2 rings (SSSR count). The van der Waals surface area contributed by atoms with Gasteiger partial charge in [0.15, 0.2) is 0 Å². The van der Waals surface area contributed by atoms with Crippen molar-refractivity contribution in [3.63, 3.8) is 0 Å². The van der Waals surface area contributed by atoms with Gasteiger partial charge in [0.1, 0.15) is 11.3 Å².